The van der Waals surface area contributed by atoms with E-state index in [1.165, 1.54) is 23.5 Å². The van der Waals surface area contributed by atoms with Crippen LogP contribution >= 0.6 is 11.3 Å². The molecule has 122 valence electrons. The van der Waals surface area contributed by atoms with Crippen molar-refractivity contribution in [3.8, 4) is 5.19 Å². The third-order valence-corrected chi connectivity index (χ3v) is 4.18. The Hall–Kier alpha value is -2.09. The molecule has 0 radical (unpaired) electrons. The third kappa shape index (κ3) is 3.82. The molecule has 8 heteroatoms. The quantitative estimate of drug-likeness (QED) is 0.858. The van der Waals surface area contributed by atoms with E-state index in [-0.39, 0.29) is 18.4 Å². The lowest BCUT2D eigenvalue weighted by atomic mass is 10.1. The summed E-state index contributed by atoms with van der Waals surface area (Å²) < 4.78 is 43.0. The van der Waals surface area contributed by atoms with Crippen molar-refractivity contribution in [3.63, 3.8) is 0 Å². The van der Waals surface area contributed by atoms with Gasteiger partial charge in [0.2, 0.25) is 5.91 Å². The van der Waals surface area contributed by atoms with Gasteiger partial charge in [-0.25, -0.2) is 4.98 Å². The normalized spacial score (nSPS) is 15.3. The fourth-order valence-corrected chi connectivity index (χ4v) is 2.78. The van der Waals surface area contributed by atoms with Gasteiger partial charge in [-0.05, 0) is 17.7 Å². The Morgan fingerprint density at radius 3 is 2.57 bits per heavy atom. The smallest absolute Gasteiger partial charge is 0.416 e. The molecule has 1 aliphatic heterocycles. The second kappa shape index (κ2) is 6.19. The molecule has 1 amide bonds. The number of carbonyl (C=O) groups excluding carboxylic acids is 1. The average molecular weight is 342 g/mol. The maximum atomic E-state index is 12.5. The Labute approximate surface area is 134 Å². The molecule has 1 aromatic heterocycles. The molecule has 2 aromatic rings. The van der Waals surface area contributed by atoms with Gasteiger partial charge in [-0.3, -0.25) is 4.79 Å². The van der Waals surface area contributed by atoms with E-state index in [2.05, 4.69) is 4.98 Å². The number of halogens is 3. The number of rotatable bonds is 4. The second-order valence-corrected chi connectivity index (χ2v) is 6.07. The summed E-state index contributed by atoms with van der Waals surface area (Å²) in [5.41, 5.74) is -0.151. The minimum Gasteiger partial charge on any atom is -0.463 e. The van der Waals surface area contributed by atoms with Gasteiger partial charge >= 0.3 is 6.18 Å². The standard InChI is InChI=1S/C15H13F3N2O2S/c16-15(17,18)11-3-1-10(2-4-11)7-13(21)20-8-12(9-20)22-14-19-5-6-23-14/h1-6,12H,7-9H2. The molecule has 23 heavy (non-hydrogen) atoms. The number of carbonyl (C=O) groups is 1. The number of thiazole rings is 1. The first-order valence-electron chi connectivity index (χ1n) is 6.92. The molecule has 0 N–H and O–H groups in total. The number of amides is 1. The van der Waals surface area contributed by atoms with Gasteiger partial charge in [0.05, 0.1) is 25.1 Å². The number of hydrogen-bond acceptors (Lipinski definition) is 4. The van der Waals surface area contributed by atoms with E-state index < -0.39 is 11.7 Å². The zero-order valence-corrected chi connectivity index (χ0v) is 12.7. The van der Waals surface area contributed by atoms with Crippen molar-refractivity contribution in [3.05, 3.63) is 47.0 Å². The van der Waals surface area contributed by atoms with Crippen LogP contribution in [0.15, 0.2) is 35.8 Å². The highest BCUT2D eigenvalue weighted by molar-refractivity contribution is 7.11. The number of likely N-dealkylation sites (tertiary alicyclic amines) is 1. The van der Waals surface area contributed by atoms with Gasteiger partial charge in [0.1, 0.15) is 6.10 Å². The Morgan fingerprint density at radius 2 is 2.00 bits per heavy atom. The van der Waals surface area contributed by atoms with E-state index in [1.54, 1.807) is 11.1 Å². The molecule has 0 saturated carbocycles. The van der Waals surface area contributed by atoms with Gasteiger partial charge in [0, 0.05) is 11.6 Å². The topological polar surface area (TPSA) is 42.4 Å². The minimum atomic E-state index is -4.36. The van der Waals surface area contributed by atoms with E-state index in [1.807, 2.05) is 5.38 Å². The SMILES string of the molecule is O=C(Cc1ccc(C(F)(F)F)cc1)N1CC(Oc2nccs2)C1. The van der Waals surface area contributed by atoms with E-state index in [4.69, 9.17) is 4.74 Å². The molecule has 3 rings (SSSR count). The number of hydrogen-bond donors (Lipinski definition) is 0. The second-order valence-electron chi connectivity index (χ2n) is 5.21. The molecule has 0 atom stereocenters. The van der Waals surface area contributed by atoms with Gasteiger partial charge in [-0.1, -0.05) is 23.5 Å². The maximum absolute atomic E-state index is 12.5. The molecule has 1 aliphatic rings. The summed E-state index contributed by atoms with van der Waals surface area (Å²) in [5, 5.41) is 2.38. The number of ether oxygens (including phenoxy) is 1. The first kappa shape index (κ1) is 15.8. The van der Waals surface area contributed by atoms with Crippen LogP contribution < -0.4 is 4.74 Å². The summed E-state index contributed by atoms with van der Waals surface area (Å²) in [6, 6.07) is 4.66. The average Bonchev–Trinajstić information content (AvgIpc) is 2.94. The first-order valence-corrected chi connectivity index (χ1v) is 7.80. The summed E-state index contributed by atoms with van der Waals surface area (Å²) in [6.45, 7) is 0.943. The van der Waals surface area contributed by atoms with Crippen molar-refractivity contribution in [1.29, 1.82) is 0 Å². The van der Waals surface area contributed by atoms with Crippen LogP contribution in [-0.2, 0) is 17.4 Å². The summed E-state index contributed by atoms with van der Waals surface area (Å²) in [7, 11) is 0. The van der Waals surface area contributed by atoms with Crippen LogP contribution in [0.25, 0.3) is 0 Å². The van der Waals surface area contributed by atoms with Crippen LogP contribution in [0.1, 0.15) is 11.1 Å². The predicted molar refractivity (Wildman–Crippen MR) is 78.3 cm³/mol. The number of nitrogens with zero attached hydrogens (tertiary/aromatic N) is 2. The Kier molecular flexibility index (Phi) is 4.25. The fraction of sp³-hybridized carbons (Fsp3) is 0.333. The van der Waals surface area contributed by atoms with Crippen molar-refractivity contribution in [2.75, 3.05) is 13.1 Å². The van der Waals surface area contributed by atoms with Gasteiger partial charge in [0.25, 0.3) is 5.19 Å². The largest absolute Gasteiger partial charge is 0.463 e. The molecule has 1 fully saturated rings. The van der Waals surface area contributed by atoms with Crippen LogP contribution in [0.5, 0.6) is 5.19 Å². The molecular weight excluding hydrogens is 329 g/mol. The highest BCUT2D eigenvalue weighted by Gasteiger charge is 2.33. The van der Waals surface area contributed by atoms with Crippen LogP contribution in [0, 0.1) is 0 Å². The summed E-state index contributed by atoms with van der Waals surface area (Å²) in [4.78, 5) is 17.7. The Bertz CT molecular complexity index is 665. The van der Waals surface area contributed by atoms with Crippen molar-refractivity contribution >= 4 is 17.2 Å². The predicted octanol–water partition coefficient (Wildman–Crippen LogP) is 2.99. The van der Waals surface area contributed by atoms with Crippen molar-refractivity contribution in [1.82, 2.24) is 9.88 Å². The lowest BCUT2D eigenvalue weighted by Gasteiger charge is -2.38. The monoisotopic (exact) mass is 342 g/mol. The maximum Gasteiger partial charge on any atom is 0.416 e. The van der Waals surface area contributed by atoms with Crippen LogP contribution in [0.4, 0.5) is 13.2 Å². The molecule has 0 spiro atoms. The molecule has 2 heterocycles. The molecule has 1 saturated heterocycles. The lowest BCUT2D eigenvalue weighted by molar-refractivity contribution is -0.139. The van der Waals surface area contributed by atoms with E-state index in [9.17, 15) is 18.0 Å². The number of benzene rings is 1. The number of aromatic nitrogens is 1. The van der Waals surface area contributed by atoms with Crippen molar-refractivity contribution in [2.24, 2.45) is 0 Å². The van der Waals surface area contributed by atoms with E-state index in [0.29, 0.717) is 23.8 Å². The molecular formula is C15H13F3N2O2S. The highest BCUT2D eigenvalue weighted by Crippen LogP contribution is 2.29. The van der Waals surface area contributed by atoms with Crippen molar-refractivity contribution in [2.45, 2.75) is 18.7 Å². The fourth-order valence-electron chi connectivity index (χ4n) is 2.23. The van der Waals surface area contributed by atoms with Gasteiger partial charge in [-0.2, -0.15) is 13.2 Å². The Morgan fingerprint density at radius 1 is 1.30 bits per heavy atom. The lowest BCUT2D eigenvalue weighted by Crippen LogP contribution is -2.56. The zero-order valence-electron chi connectivity index (χ0n) is 11.9. The van der Waals surface area contributed by atoms with Gasteiger partial charge < -0.3 is 9.64 Å². The van der Waals surface area contributed by atoms with E-state index >= 15 is 0 Å². The molecule has 0 unspecified atom stereocenters. The minimum absolute atomic E-state index is 0.0716. The van der Waals surface area contributed by atoms with Crippen LogP contribution in [-0.4, -0.2) is 35.0 Å². The number of alkyl halides is 3. The molecule has 1 aromatic carbocycles. The summed E-state index contributed by atoms with van der Waals surface area (Å²) in [6.07, 6.45) is -2.70. The zero-order chi connectivity index (χ0) is 16.4. The molecule has 4 nitrogen and oxygen atoms in total. The van der Waals surface area contributed by atoms with Crippen LogP contribution in [0.3, 0.4) is 0 Å². The van der Waals surface area contributed by atoms with Crippen molar-refractivity contribution < 1.29 is 22.7 Å². The highest BCUT2D eigenvalue weighted by atomic mass is 32.1. The van der Waals surface area contributed by atoms with Gasteiger partial charge in [0.15, 0.2) is 0 Å². The molecule has 0 bridgehead atoms. The van der Waals surface area contributed by atoms with Crippen LogP contribution in [0.2, 0.25) is 0 Å². The van der Waals surface area contributed by atoms with E-state index in [0.717, 1.165) is 12.1 Å². The molecule has 0 aliphatic carbocycles. The Balaban J connectivity index is 1.49. The third-order valence-electron chi connectivity index (χ3n) is 3.51. The first-order chi connectivity index (χ1) is 10.9. The van der Waals surface area contributed by atoms with Gasteiger partial charge in [-0.15, -0.1) is 0 Å². The summed E-state index contributed by atoms with van der Waals surface area (Å²) >= 11 is 1.39. The summed E-state index contributed by atoms with van der Waals surface area (Å²) in [5.74, 6) is -0.122.